The van der Waals surface area contributed by atoms with Gasteiger partial charge in [-0.2, -0.15) is 4.31 Å². The highest BCUT2D eigenvalue weighted by Crippen LogP contribution is 2.08. The number of hydrogen-bond acceptors (Lipinski definition) is 5. The van der Waals surface area contributed by atoms with Gasteiger partial charge in [-0.05, 0) is 6.92 Å². The lowest BCUT2D eigenvalue weighted by Gasteiger charge is -2.33. The monoisotopic (exact) mass is 294 g/mol. The Hall–Kier alpha value is -0.700. The summed E-state index contributed by atoms with van der Waals surface area (Å²) in [5, 5.41) is 0. The standard InChI is InChI=1S/C11H22N2O5S/c1-3-19(15,16)13-6-4-12(5-7-13)11(14)10-18-9-8-17-2/h3-10H2,1-2H3. The number of ether oxygens (including phenoxy) is 2. The molecule has 0 spiro atoms. The number of carbonyl (C=O) groups is 1. The van der Waals surface area contributed by atoms with E-state index in [1.807, 2.05) is 0 Å². The fourth-order valence-corrected chi connectivity index (χ4v) is 2.88. The SMILES string of the molecule is CCS(=O)(=O)N1CCN(C(=O)COCCOC)CC1. The van der Waals surface area contributed by atoms with E-state index in [0.29, 0.717) is 39.4 Å². The highest BCUT2D eigenvalue weighted by molar-refractivity contribution is 7.89. The van der Waals surface area contributed by atoms with E-state index in [1.165, 1.54) is 4.31 Å². The van der Waals surface area contributed by atoms with Gasteiger partial charge in [0.1, 0.15) is 6.61 Å². The zero-order valence-corrected chi connectivity index (χ0v) is 12.3. The third-order valence-corrected chi connectivity index (χ3v) is 4.89. The average molecular weight is 294 g/mol. The topological polar surface area (TPSA) is 76.2 Å². The normalized spacial score (nSPS) is 17.7. The molecule has 0 aromatic carbocycles. The Morgan fingerprint density at radius 1 is 1.16 bits per heavy atom. The molecular weight excluding hydrogens is 272 g/mol. The van der Waals surface area contributed by atoms with Crippen molar-refractivity contribution in [3.63, 3.8) is 0 Å². The minimum atomic E-state index is -3.15. The molecule has 7 nitrogen and oxygen atoms in total. The fraction of sp³-hybridized carbons (Fsp3) is 0.909. The Bertz CT molecular complexity index is 377. The molecule has 1 amide bonds. The van der Waals surface area contributed by atoms with Crippen molar-refractivity contribution < 1.29 is 22.7 Å². The Balaban J connectivity index is 2.31. The smallest absolute Gasteiger partial charge is 0.248 e. The second kappa shape index (κ2) is 7.78. The van der Waals surface area contributed by atoms with Crippen LogP contribution in [0.15, 0.2) is 0 Å². The van der Waals surface area contributed by atoms with Crippen LogP contribution in [0, 0.1) is 0 Å². The zero-order valence-electron chi connectivity index (χ0n) is 11.5. The molecule has 0 N–H and O–H groups in total. The van der Waals surface area contributed by atoms with E-state index >= 15 is 0 Å². The summed E-state index contributed by atoms with van der Waals surface area (Å²) in [6.07, 6.45) is 0. The summed E-state index contributed by atoms with van der Waals surface area (Å²) in [6.45, 7) is 4.04. The van der Waals surface area contributed by atoms with Gasteiger partial charge in [-0.25, -0.2) is 8.42 Å². The molecule has 0 unspecified atom stereocenters. The largest absolute Gasteiger partial charge is 0.382 e. The predicted molar refractivity (Wildman–Crippen MR) is 70.3 cm³/mol. The van der Waals surface area contributed by atoms with E-state index in [4.69, 9.17) is 9.47 Å². The fourth-order valence-electron chi connectivity index (χ4n) is 1.79. The molecule has 8 heteroatoms. The summed E-state index contributed by atoms with van der Waals surface area (Å²) in [5.41, 5.74) is 0. The molecule has 0 aliphatic carbocycles. The summed E-state index contributed by atoms with van der Waals surface area (Å²) in [7, 11) is -1.58. The summed E-state index contributed by atoms with van der Waals surface area (Å²) >= 11 is 0. The van der Waals surface area contributed by atoms with Gasteiger partial charge in [-0.15, -0.1) is 0 Å². The van der Waals surface area contributed by atoms with Gasteiger partial charge in [0, 0.05) is 33.3 Å². The molecule has 1 saturated heterocycles. The van der Waals surface area contributed by atoms with Crippen LogP contribution in [0.1, 0.15) is 6.92 Å². The van der Waals surface area contributed by atoms with Crippen LogP contribution in [0.2, 0.25) is 0 Å². The molecule has 1 rings (SSSR count). The lowest BCUT2D eigenvalue weighted by Crippen LogP contribution is -2.51. The quantitative estimate of drug-likeness (QED) is 0.571. The number of rotatable bonds is 7. The molecule has 1 aliphatic rings. The summed E-state index contributed by atoms with van der Waals surface area (Å²) < 4.78 is 34.7. The summed E-state index contributed by atoms with van der Waals surface area (Å²) in [6, 6.07) is 0. The molecule has 0 bridgehead atoms. The van der Waals surface area contributed by atoms with Crippen LogP contribution >= 0.6 is 0 Å². The second-order valence-electron chi connectivity index (χ2n) is 4.23. The van der Waals surface area contributed by atoms with Crippen LogP contribution < -0.4 is 0 Å². The maximum Gasteiger partial charge on any atom is 0.248 e. The first-order chi connectivity index (χ1) is 9.01. The second-order valence-corrected chi connectivity index (χ2v) is 6.48. The molecule has 19 heavy (non-hydrogen) atoms. The van der Waals surface area contributed by atoms with Crippen LogP contribution in [-0.4, -0.2) is 82.4 Å². The van der Waals surface area contributed by atoms with Crippen molar-refractivity contribution in [3.8, 4) is 0 Å². The van der Waals surface area contributed by atoms with Gasteiger partial charge in [-0.1, -0.05) is 0 Å². The molecule has 1 aliphatic heterocycles. The molecule has 0 saturated carbocycles. The van der Waals surface area contributed by atoms with E-state index in [2.05, 4.69) is 0 Å². The zero-order chi connectivity index (χ0) is 14.3. The van der Waals surface area contributed by atoms with Crippen molar-refractivity contribution in [1.82, 2.24) is 9.21 Å². The van der Waals surface area contributed by atoms with Crippen molar-refractivity contribution in [3.05, 3.63) is 0 Å². The highest BCUT2D eigenvalue weighted by atomic mass is 32.2. The van der Waals surface area contributed by atoms with Crippen LogP contribution in [0.5, 0.6) is 0 Å². The first-order valence-electron chi connectivity index (χ1n) is 6.33. The predicted octanol–water partition coefficient (Wildman–Crippen LogP) is -0.857. The molecule has 1 heterocycles. The highest BCUT2D eigenvalue weighted by Gasteiger charge is 2.27. The average Bonchev–Trinajstić information content (AvgIpc) is 2.43. The maximum absolute atomic E-state index is 11.8. The van der Waals surface area contributed by atoms with Crippen molar-refractivity contribution in [2.45, 2.75) is 6.92 Å². The van der Waals surface area contributed by atoms with Gasteiger partial charge in [0.2, 0.25) is 15.9 Å². The molecule has 1 fully saturated rings. The molecule has 0 radical (unpaired) electrons. The van der Waals surface area contributed by atoms with Gasteiger partial charge in [-0.3, -0.25) is 4.79 Å². The molecule has 112 valence electrons. The number of carbonyl (C=O) groups excluding carboxylic acids is 1. The Morgan fingerprint density at radius 3 is 2.32 bits per heavy atom. The van der Waals surface area contributed by atoms with Gasteiger partial charge in [0.15, 0.2) is 0 Å². The minimum Gasteiger partial charge on any atom is -0.382 e. The first-order valence-corrected chi connectivity index (χ1v) is 7.94. The number of piperazine rings is 1. The van der Waals surface area contributed by atoms with Gasteiger partial charge in [0.25, 0.3) is 0 Å². The number of hydrogen-bond donors (Lipinski definition) is 0. The maximum atomic E-state index is 11.8. The van der Waals surface area contributed by atoms with Crippen molar-refractivity contribution in [2.75, 3.05) is 58.9 Å². The van der Waals surface area contributed by atoms with E-state index in [9.17, 15) is 13.2 Å². The van der Waals surface area contributed by atoms with Crippen LogP contribution in [-0.2, 0) is 24.3 Å². The van der Waals surface area contributed by atoms with E-state index in [-0.39, 0.29) is 18.3 Å². The minimum absolute atomic E-state index is 0.0177. The Labute approximate surface area is 114 Å². The van der Waals surface area contributed by atoms with Crippen LogP contribution in [0.4, 0.5) is 0 Å². The number of amides is 1. The first kappa shape index (κ1) is 16.4. The molecule has 0 atom stereocenters. The number of methoxy groups -OCH3 is 1. The summed E-state index contributed by atoms with van der Waals surface area (Å²) in [5.74, 6) is -0.00852. The lowest BCUT2D eigenvalue weighted by molar-refractivity contribution is -0.137. The Morgan fingerprint density at radius 2 is 1.79 bits per heavy atom. The van der Waals surface area contributed by atoms with Crippen molar-refractivity contribution in [1.29, 1.82) is 0 Å². The van der Waals surface area contributed by atoms with Crippen molar-refractivity contribution in [2.24, 2.45) is 0 Å². The van der Waals surface area contributed by atoms with Gasteiger partial charge < -0.3 is 14.4 Å². The van der Waals surface area contributed by atoms with E-state index < -0.39 is 10.0 Å². The molecular formula is C11H22N2O5S. The third-order valence-electron chi connectivity index (χ3n) is 3.01. The van der Waals surface area contributed by atoms with Crippen molar-refractivity contribution >= 4 is 15.9 Å². The summed E-state index contributed by atoms with van der Waals surface area (Å²) in [4.78, 5) is 13.4. The van der Waals surface area contributed by atoms with E-state index in [1.54, 1.807) is 18.9 Å². The third kappa shape index (κ3) is 5.06. The number of sulfonamides is 1. The van der Waals surface area contributed by atoms with E-state index in [0.717, 1.165) is 0 Å². The van der Waals surface area contributed by atoms with Crippen LogP contribution in [0.3, 0.4) is 0 Å². The molecule has 0 aromatic heterocycles. The number of nitrogens with zero attached hydrogens (tertiary/aromatic N) is 2. The Kier molecular flexibility index (Phi) is 6.70. The lowest BCUT2D eigenvalue weighted by atomic mass is 10.3. The van der Waals surface area contributed by atoms with Gasteiger partial charge >= 0.3 is 0 Å². The van der Waals surface area contributed by atoms with Gasteiger partial charge in [0.05, 0.1) is 19.0 Å². The van der Waals surface area contributed by atoms with Crippen LogP contribution in [0.25, 0.3) is 0 Å². The molecule has 0 aromatic rings.